The van der Waals surface area contributed by atoms with E-state index >= 15 is 0 Å². The van der Waals surface area contributed by atoms with Crippen LogP contribution < -0.4 is 0 Å². The third-order valence-corrected chi connectivity index (χ3v) is 3.01. The normalized spacial score (nSPS) is 23.5. The topological polar surface area (TPSA) is 55.8 Å². The van der Waals surface area contributed by atoms with Crippen LogP contribution in [0.1, 0.15) is 33.1 Å². The van der Waals surface area contributed by atoms with E-state index in [0.717, 1.165) is 12.8 Å². The van der Waals surface area contributed by atoms with E-state index in [-0.39, 0.29) is 30.5 Å². The summed E-state index contributed by atoms with van der Waals surface area (Å²) in [7, 11) is 1.35. The number of carbonyl (C=O) groups excluding carboxylic acids is 2. The molecule has 0 bridgehead atoms. The van der Waals surface area contributed by atoms with Crippen molar-refractivity contribution in [1.82, 2.24) is 4.90 Å². The standard InChI is InChI=1S/C12H21NO4/c1-4-13(8-7-11(14)16-3)12(15)10-6-5-9(2)17-10/h9-10H,4-8H2,1-3H3. The van der Waals surface area contributed by atoms with E-state index in [1.165, 1.54) is 7.11 Å². The highest BCUT2D eigenvalue weighted by atomic mass is 16.5. The first-order chi connectivity index (χ1) is 8.08. The second-order valence-corrected chi connectivity index (χ2v) is 4.26. The van der Waals surface area contributed by atoms with Gasteiger partial charge < -0.3 is 14.4 Å². The molecule has 0 N–H and O–H groups in total. The summed E-state index contributed by atoms with van der Waals surface area (Å²) in [4.78, 5) is 24.8. The summed E-state index contributed by atoms with van der Waals surface area (Å²) < 4.78 is 10.1. The number of rotatable bonds is 5. The maximum absolute atomic E-state index is 12.1. The van der Waals surface area contributed by atoms with Crippen LogP contribution in [-0.2, 0) is 19.1 Å². The molecule has 0 aliphatic carbocycles. The molecule has 1 aliphatic rings. The number of esters is 1. The van der Waals surface area contributed by atoms with Gasteiger partial charge in [0.1, 0.15) is 6.10 Å². The largest absolute Gasteiger partial charge is 0.469 e. The monoisotopic (exact) mass is 243 g/mol. The first-order valence-electron chi connectivity index (χ1n) is 6.09. The Bertz CT molecular complexity index is 280. The highest BCUT2D eigenvalue weighted by molar-refractivity contribution is 5.81. The van der Waals surface area contributed by atoms with Crippen LogP contribution in [0.3, 0.4) is 0 Å². The van der Waals surface area contributed by atoms with Crippen molar-refractivity contribution in [2.45, 2.75) is 45.3 Å². The zero-order valence-corrected chi connectivity index (χ0v) is 10.8. The molecule has 17 heavy (non-hydrogen) atoms. The average molecular weight is 243 g/mol. The number of methoxy groups -OCH3 is 1. The molecule has 1 saturated heterocycles. The Morgan fingerprint density at radius 2 is 2.12 bits per heavy atom. The van der Waals surface area contributed by atoms with Gasteiger partial charge in [0.15, 0.2) is 0 Å². The molecule has 1 rings (SSSR count). The van der Waals surface area contributed by atoms with Crippen LogP contribution in [0.5, 0.6) is 0 Å². The number of nitrogens with zero attached hydrogens (tertiary/aromatic N) is 1. The summed E-state index contributed by atoms with van der Waals surface area (Å²) in [5.74, 6) is -0.308. The second-order valence-electron chi connectivity index (χ2n) is 4.26. The Morgan fingerprint density at radius 3 is 2.59 bits per heavy atom. The van der Waals surface area contributed by atoms with Gasteiger partial charge in [-0.3, -0.25) is 9.59 Å². The van der Waals surface area contributed by atoms with E-state index in [1.54, 1.807) is 4.90 Å². The number of carbonyl (C=O) groups is 2. The van der Waals surface area contributed by atoms with Gasteiger partial charge >= 0.3 is 5.97 Å². The SMILES string of the molecule is CCN(CCC(=O)OC)C(=O)C1CCC(C)O1. The van der Waals surface area contributed by atoms with Crippen molar-refractivity contribution in [1.29, 1.82) is 0 Å². The maximum atomic E-state index is 12.1. The lowest BCUT2D eigenvalue weighted by Crippen LogP contribution is -2.40. The van der Waals surface area contributed by atoms with E-state index in [9.17, 15) is 9.59 Å². The van der Waals surface area contributed by atoms with Gasteiger partial charge in [0.2, 0.25) is 0 Å². The minimum atomic E-state index is -0.331. The van der Waals surface area contributed by atoms with E-state index in [0.29, 0.717) is 13.1 Å². The van der Waals surface area contributed by atoms with E-state index in [2.05, 4.69) is 4.74 Å². The number of ether oxygens (including phenoxy) is 2. The Kier molecular flexibility index (Phi) is 5.41. The van der Waals surface area contributed by atoms with Crippen LogP contribution in [0.25, 0.3) is 0 Å². The minimum Gasteiger partial charge on any atom is -0.469 e. The lowest BCUT2D eigenvalue weighted by Gasteiger charge is -2.23. The van der Waals surface area contributed by atoms with Gasteiger partial charge in [0.25, 0.3) is 5.91 Å². The molecular weight excluding hydrogens is 222 g/mol. The average Bonchev–Trinajstić information content (AvgIpc) is 2.76. The summed E-state index contributed by atoms with van der Waals surface area (Å²) in [6.45, 7) is 4.85. The fourth-order valence-corrected chi connectivity index (χ4v) is 1.94. The molecular formula is C12H21NO4. The Hall–Kier alpha value is -1.10. The Morgan fingerprint density at radius 1 is 1.41 bits per heavy atom. The molecule has 2 atom stereocenters. The molecule has 1 heterocycles. The van der Waals surface area contributed by atoms with Gasteiger partial charge in [-0.05, 0) is 26.7 Å². The third-order valence-electron chi connectivity index (χ3n) is 3.01. The summed E-state index contributed by atoms with van der Waals surface area (Å²) in [5, 5.41) is 0. The zero-order chi connectivity index (χ0) is 12.8. The molecule has 2 unspecified atom stereocenters. The quantitative estimate of drug-likeness (QED) is 0.675. The first kappa shape index (κ1) is 14.0. The van der Waals surface area contributed by atoms with E-state index in [4.69, 9.17) is 4.74 Å². The number of hydrogen-bond acceptors (Lipinski definition) is 4. The van der Waals surface area contributed by atoms with Crippen molar-refractivity contribution >= 4 is 11.9 Å². The molecule has 0 aromatic rings. The molecule has 0 aromatic heterocycles. The predicted octanol–water partition coefficient (Wildman–Crippen LogP) is 0.965. The molecule has 5 nitrogen and oxygen atoms in total. The van der Waals surface area contributed by atoms with Crippen LogP contribution >= 0.6 is 0 Å². The first-order valence-corrected chi connectivity index (χ1v) is 6.09. The molecule has 0 radical (unpaired) electrons. The van der Waals surface area contributed by atoms with Crippen molar-refractivity contribution in [3.63, 3.8) is 0 Å². The maximum Gasteiger partial charge on any atom is 0.307 e. The third kappa shape index (κ3) is 4.00. The van der Waals surface area contributed by atoms with E-state index < -0.39 is 0 Å². The van der Waals surface area contributed by atoms with Gasteiger partial charge in [-0.1, -0.05) is 0 Å². The minimum absolute atomic E-state index is 0.0132. The van der Waals surface area contributed by atoms with Gasteiger partial charge in [0.05, 0.1) is 19.6 Å². The predicted molar refractivity (Wildman–Crippen MR) is 62.5 cm³/mol. The van der Waals surface area contributed by atoms with Crippen molar-refractivity contribution in [3.05, 3.63) is 0 Å². The second kappa shape index (κ2) is 6.59. The summed E-state index contributed by atoms with van der Waals surface area (Å²) in [6, 6.07) is 0. The highest BCUT2D eigenvalue weighted by Gasteiger charge is 2.31. The lowest BCUT2D eigenvalue weighted by molar-refractivity contribution is -0.145. The number of hydrogen-bond donors (Lipinski definition) is 0. The van der Waals surface area contributed by atoms with Crippen LogP contribution in [0.4, 0.5) is 0 Å². The Labute approximate surface area is 102 Å². The molecule has 1 amide bonds. The van der Waals surface area contributed by atoms with Crippen LogP contribution in [0, 0.1) is 0 Å². The lowest BCUT2D eigenvalue weighted by atomic mass is 10.2. The summed E-state index contributed by atoms with van der Waals surface area (Å²) >= 11 is 0. The highest BCUT2D eigenvalue weighted by Crippen LogP contribution is 2.20. The van der Waals surface area contributed by atoms with Crippen molar-refractivity contribution < 1.29 is 19.1 Å². The van der Waals surface area contributed by atoms with Gasteiger partial charge in [-0.15, -0.1) is 0 Å². The molecule has 1 aliphatic heterocycles. The van der Waals surface area contributed by atoms with Crippen LogP contribution in [-0.4, -0.2) is 49.2 Å². The zero-order valence-electron chi connectivity index (χ0n) is 10.8. The van der Waals surface area contributed by atoms with Crippen LogP contribution in [0.2, 0.25) is 0 Å². The number of likely N-dealkylation sites (N-methyl/N-ethyl adjacent to an activating group) is 1. The van der Waals surface area contributed by atoms with Crippen molar-refractivity contribution in [2.75, 3.05) is 20.2 Å². The van der Waals surface area contributed by atoms with Crippen molar-refractivity contribution in [2.24, 2.45) is 0 Å². The Balaban J connectivity index is 2.43. The van der Waals surface area contributed by atoms with Crippen molar-refractivity contribution in [3.8, 4) is 0 Å². The number of amides is 1. The molecule has 5 heteroatoms. The van der Waals surface area contributed by atoms with Gasteiger partial charge in [0, 0.05) is 13.1 Å². The van der Waals surface area contributed by atoms with Gasteiger partial charge in [-0.2, -0.15) is 0 Å². The fourth-order valence-electron chi connectivity index (χ4n) is 1.94. The molecule has 1 fully saturated rings. The molecule has 98 valence electrons. The summed E-state index contributed by atoms with van der Waals surface area (Å²) in [6.07, 6.45) is 1.75. The van der Waals surface area contributed by atoms with Gasteiger partial charge in [-0.25, -0.2) is 0 Å². The van der Waals surface area contributed by atoms with E-state index in [1.807, 2.05) is 13.8 Å². The smallest absolute Gasteiger partial charge is 0.307 e. The summed E-state index contributed by atoms with van der Waals surface area (Å²) in [5.41, 5.74) is 0. The molecule has 0 aromatic carbocycles. The molecule has 0 saturated carbocycles. The fraction of sp³-hybridized carbons (Fsp3) is 0.833. The molecule has 0 spiro atoms. The van der Waals surface area contributed by atoms with Crippen LogP contribution in [0.15, 0.2) is 0 Å².